The molecule has 1 saturated heterocycles. The molecule has 2 fully saturated rings. The average Bonchev–Trinajstić information content (AvgIpc) is 2.72. The normalized spacial score (nSPS) is 31.8. The molecule has 0 aromatic heterocycles. The third kappa shape index (κ3) is 2.91. The lowest BCUT2D eigenvalue weighted by molar-refractivity contribution is 0.0685. The highest BCUT2D eigenvalue weighted by Crippen LogP contribution is 2.42. The molecule has 2 rings (SSSR count). The summed E-state index contributed by atoms with van der Waals surface area (Å²) in [5.41, 5.74) is 0.644. The zero-order chi connectivity index (χ0) is 13.2. The first kappa shape index (κ1) is 14.3. The predicted octanol–water partition coefficient (Wildman–Crippen LogP) is 3.28. The number of nitrogens with zero attached hydrogens (tertiary/aromatic N) is 1. The average molecular weight is 252 g/mol. The fraction of sp³-hybridized carbons (Fsp3) is 1.00. The van der Waals surface area contributed by atoms with Gasteiger partial charge in [-0.3, -0.25) is 4.90 Å². The largest absolute Gasteiger partial charge is 0.314 e. The molecule has 0 aromatic rings. The second kappa shape index (κ2) is 5.92. The van der Waals surface area contributed by atoms with Crippen LogP contribution >= 0.6 is 0 Å². The van der Waals surface area contributed by atoms with Gasteiger partial charge in [-0.2, -0.15) is 0 Å². The Bertz CT molecular complexity index is 258. The fourth-order valence-corrected chi connectivity index (χ4v) is 3.74. The molecule has 2 atom stereocenters. The third-order valence-corrected chi connectivity index (χ3v) is 5.60. The van der Waals surface area contributed by atoms with Crippen molar-refractivity contribution in [3.63, 3.8) is 0 Å². The third-order valence-electron chi connectivity index (χ3n) is 5.60. The molecular weight excluding hydrogens is 220 g/mol. The summed E-state index contributed by atoms with van der Waals surface area (Å²) in [6, 6.07) is 1.52. The van der Waals surface area contributed by atoms with Crippen LogP contribution in [0.1, 0.15) is 59.8 Å². The highest BCUT2D eigenvalue weighted by Gasteiger charge is 2.42. The Hall–Kier alpha value is -0.0800. The Labute approximate surface area is 114 Å². The maximum absolute atomic E-state index is 3.62. The van der Waals surface area contributed by atoms with E-state index in [9.17, 15) is 0 Å². The van der Waals surface area contributed by atoms with E-state index in [1.165, 1.54) is 51.7 Å². The Kier molecular flexibility index (Phi) is 4.71. The molecule has 1 N–H and O–H groups in total. The summed E-state index contributed by atoms with van der Waals surface area (Å²) < 4.78 is 0. The summed E-state index contributed by atoms with van der Waals surface area (Å²) in [6.07, 6.45) is 7.03. The summed E-state index contributed by atoms with van der Waals surface area (Å²) in [6.45, 7) is 13.2. The van der Waals surface area contributed by atoms with Gasteiger partial charge in [0.25, 0.3) is 0 Å². The lowest BCUT2D eigenvalue weighted by atomic mass is 9.77. The van der Waals surface area contributed by atoms with Gasteiger partial charge in [0.05, 0.1) is 0 Å². The van der Waals surface area contributed by atoms with E-state index < -0.39 is 0 Å². The highest BCUT2D eigenvalue weighted by atomic mass is 15.2. The standard InChI is InChI=1S/C16H32N2/c1-5-16(6-2)9-10-18(12-16)15-8-7-14(15)11-17-13(3)4/h13-15,17H,5-12H2,1-4H3. The van der Waals surface area contributed by atoms with Gasteiger partial charge >= 0.3 is 0 Å². The molecule has 1 aliphatic carbocycles. The first-order valence-electron chi connectivity index (χ1n) is 8.07. The molecule has 1 aliphatic heterocycles. The Morgan fingerprint density at radius 3 is 2.39 bits per heavy atom. The number of nitrogens with one attached hydrogen (secondary N) is 1. The van der Waals surface area contributed by atoms with E-state index in [2.05, 4.69) is 37.9 Å². The Morgan fingerprint density at radius 2 is 1.94 bits per heavy atom. The summed E-state index contributed by atoms with van der Waals surface area (Å²) in [4.78, 5) is 2.81. The van der Waals surface area contributed by atoms with Crippen LogP contribution in [0.15, 0.2) is 0 Å². The summed E-state index contributed by atoms with van der Waals surface area (Å²) in [7, 11) is 0. The molecule has 0 bridgehead atoms. The molecule has 0 amide bonds. The summed E-state index contributed by atoms with van der Waals surface area (Å²) in [5, 5.41) is 3.62. The van der Waals surface area contributed by atoms with Gasteiger partial charge in [-0.25, -0.2) is 0 Å². The smallest absolute Gasteiger partial charge is 0.0136 e. The van der Waals surface area contributed by atoms with Crippen LogP contribution in [0.3, 0.4) is 0 Å². The first-order chi connectivity index (χ1) is 8.60. The minimum Gasteiger partial charge on any atom is -0.314 e. The minimum atomic E-state index is 0.634. The van der Waals surface area contributed by atoms with Crippen LogP contribution in [-0.2, 0) is 0 Å². The molecule has 2 unspecified atom stereocenters. The van der Waals surface area contributed by atoms with Crippen molar-refractivity contribution in [2.24, 2.45) is 11.3 Å². The van der Waals surface area contributed by atoms with E-state index in [1.807, 2.05) is 0 Å². The number of likely N-dealkylation sites (tertiary alicyclic amines) is 1. The van der Waals surface area contributed by atoms with E-state index in [0.29, 0.717) is 11.5 Å². The van der Waals surface area contributed by atoms with Gasteiger partial charge in [-0.15, -0.1) is 0 Å². The van der Waals surface area contributed by atoms with Crippen molar-refractivity contribution in [2.45, 2.75) is 71.9 Å². The van der Waals surface area contributed by atoms with Crippen LogP contribution in [0.5, 0.6) is 0 Å². The van der Waals surface area contributed by atoms with E-state index in [1.54, 1.807) is 0 Å². The topological polar surface area (TPSA) is 15.3 Å². The van der Waals surface area contributed by atoms with Crippen LogP contribution in [0.25, 0.3) is 0 Å². The lowest BCUT2D eigenvalue weighted by Gasteiger charge is -2.44. The highest BCUT2D eigenvalue weighted by molar-refractivity contribution is 4.97. The van der Waals surface area contributed by atoms with Gasteiger partial charge in [0.15, 0.2) is 0 Å². The van der Waals surface area contributed by atoms with Crippen LogP contribution in [0.2, 0.25) is 0 Å². The van der Waals surface area contributed by atoms with E-state index in [4.69, 9.17) is 0 Å². The monoisotopic (exact) mass is 252 g/mol. The molecule has 0 radical (unpaired) electrons. The van der Waals surface area contributed by atoms with Gasteiger partial charge in [-0.05, 0) is 56.5 Å². The molecule has 0 aromatic carbocycles. The SMILES string of the molecule is CCC1(CC)CCN(C2CCC2CNC(C)C)C1. The zero-order valence-electron chi connectivity index (χ0n) is 12.8. The summed E-state index contributed by atoms with van der Waals surface area (Å²) in [5.74, 6) is 0.914. The molecule has 1 heterocycles. The molecule has 2 heteroatoms. The maximum atomic E-state index is 3.62. The van der Waals surface area contributed by atoms with Crippen LogP contribution in [0.4, 0.5) is 0 Å². The van der Waals surface area contributed by atoms with Crippen molar-refractivity contribution in [3.8, 4) is 0 Å². The molecule has 106 valence electrons. The molecule has 2 nitrogen and oxygen atoms in total. The van der Waals surface area contributed by atoms with Crippen LogP contribution in [0, 0.1) is 11.3 Å². The lowest BCUT2D eigenvalue weighted by Crippen LogP contribution is -2.50. The van der Waals surface area contributed by atoms with E-state index in [-0.39, 0.29) is 0 Å². The van der Waals surface area contributed by atoms with Crippen molar-refractivity contribution in [1.29, 1.82) is 0 Å². The first-order valence-corrected chi connectivity index (χ1v) is 8.07. The molecule has 2 aliphatic rings. The Balaban J connectivity index is 1.82. The number of hydrogen-bond donors (Lipinski definition) is 1. The second-order valence-electron chi connectivity index (χ2n) is 6.90. The number of hydrogen-bond acceptors (Lipinski definition) is 2. The minimum absolute atomic E-state index is 0.634. The molecule has 0 spiro atoms. The molecule has 18 heavy (non-hydrogen) atoms. The van der Waals surface area contributed by atoms with Gasteiger partial charge < -0.3 is 5.32 Å². The second-order valence-corrected chi connectivity index (χ2v) is 6.90. The zero-order valence-corrected chi connectivity index (χ0v) is 12.8. The quantitative estimate of drug-likeness (QED) is 0.780. The van der Waals surface area contributed by atoms with E-state index in [0.717, 1.165) is 12.0 Å². The van der Waals surface area contributed by atoms with Crippen molar-refractivity contribution in [3.05, 3.63) is 0 Å². The summed E-state index contributed by atoms with van der Waals surface area (Å²) >= 11 is 0. The maximum Gasteiger partial charge on any atom is 0.0136 e. The van der Waals surface area contributed by atoms with Crippen molar-refractivity contribution in [1.82, 2.24) is 10.2 Å². The van der Waals surface area contributed by atoms with E-state index >= 15 is 0 Å². The fourth-order valence-electron chi connectivity index (χ4n) is 3.74. The Morgan fingerprint density at radius 1 is 1.22 bits per heavy atom. The number of rotatable bonds is 6. The van der Waals surface area contributed by atoms with Crippen molar-refractivity contribution in [2.75, 3.05) is 19.6 Å². The molecular formula is C16H32N2. The van der Waals surface area contributed by atoms with Gasteiger partial charge in [0.1, 0.15) is 0 Å². The van der Waals surface area contributed by atoms with Crippen LogP contribution in [-0.4, -0.2) is 36.6 Å². The van der Waals surface area contributed by atoms with Crippen molar-refractivity contribution >= 4 is 0 Å². The van der Waals surface area contributed by atoms with Crippen LogP contribution < -0.4 is 5.32 Å². The van der Waals surface area contributed by atoms with Crippen molar-refractivity contribution < 1.29 is 0 Å². The van der Waals surface area contributed by atoms with Gasteiger partial charge in [-0.1, -0.05) is 27.7 Å². The predicted molar refractivity (Wildman–Crippen MR) is 78.9 cm³/mol. The van der Waals surface area contributed by atoms with Gasteiger partial charge in [0, 0.05) is 18.6 Å². The van der Waals surface area contributed by atoms with Gasteiger partial charge in [0.2, 0.25) is 0 Å². The molecule has 1 saturated carbocycles.